The van der Waals surface area contributed by atoms with E-state index in [0.29, 0.717) is 0 Å². The number of allylic oxidation sites excluding steroid dienone is 2. The summed E-state index contributed by atoms with van der Waals surface area (Å²) in [6.45, 7) is 17.5. The molecule has 0 aromatic rings. The van der Waals surface area contributed by atoms with Gasteiger partial charge in [0, 0.05) is 27.9 Å². The van der Waals surface area contributed by atoms with Crippen molar-refractivity contribution in [1.82, 2.24) is 0 Å². The van der Waals surface area contributed by atoms with Gasteiger partial charge in [0.2, 0.25) is 0 Å². The Labute approximate surface area is 108 Å². The van der Waals surface area contributed by atoms with E-state index in [0.717, 1.165) is 0 Å². The van der Waals surface area contributed by atoms with Gasteiger partial charge >= 0.3 is 0 Å². The van der Waals surface area contributed by atoms with E-state index in [1.165, 1.54) is 0 Å². The van der Waals surface area contributed by atoms with Gasteiger partial charge in [-0.3, -0.25) is 0 Å². The third-order valence-corrected chi connectivity index (χ3v) is 1.94. The minimum Gasteiger partial charge on any atom is -0.523 e. The molecule has 0 aromatic heterocycles. The van der Waals surface area contributed by atoms with Gasteiger partial charge in [0.05, 0.1) is 6.57 Å². The molecule has 0 aliphatic carbocycles. The summed E-state index contributed by atoms with van der Waals surface area (Å²) >= 11 is 0. The van der Waals surface area contributed by atoms with Crippen LogP contribution in [0, 0.1) is 17.4 Å². The standard InChI is InChI=1S/C12H19NO2.Cu/c1-11(2,3)9(14)8(13-7)10(15)12(4,5)6;/h14H,1-6H3;/b9-8+;. The molecule has 0 bridgehead atoms. The van der Waals surface area contributed by atoms with Crippen LogP contribution in [0.25, 0.3) is 4.85 Å². The molecule has 0 rings (SSSR count). The van der Waals surface area contributed by atoms with Crippen LogP contribution < -0.4 is 0 Å². The molecule has 0 aliphatic rings. The SMILES string of the molecule is [C-]#[N+]/C(C(=O)C(C)(C)C)=C(/O)C(C)(C)C.[Cu]. The number of aliphatic hydroxyl groups excluding tert-OH is 1. The van der Waals surface area contributed by atoms with Crippen molar-refractivity contribution in [3.63, 3.8) is 0 Å². The largest absolute Gasteiger partial charge is 0.523 e. The van der Waals surface area contributed by atoms with E-state index in [4.69, 9.17) is 6.57 Å². The van der Waals surface area contributed by atoms with Crippen molar-refractivity contribution in [2.24, 2.45) is 10.8 Å². The summed E-state index contributed by atoms with van der Waals surface area (Å²) < 4.78 is 0. The first-order chi connectivity index (χ1) is 6.51. The molecule has 1 N–H and O–H groups in total. The Hall–Kier alpha value is -0.781. The molecule has 95 valence electrons. The van der Waals surface area contributed by atoms with Crippen LogP contribution in [0.2, 0.25) is 0 Å². The van der Waals surface area contributed by atoms with E-state index in [9.17, 15) is 9.90 Å². The first-order valence-electron chi connectivity index (χ1n) is 4.87. The summed E-state index contributed by atoms with van der Waals surface area (Å²) in [6.07, 6.45) is 0. The monoisotopic (exact) mass is 272 g/mol. The summed E-state index contributed by atoms with van der Waals surface area (Å²) in [5, 5.41) is 9.82. The normalized spacial score (nSPS) is 13.3. The molecule has 0 fully saturated rings. The zero-order chi connectivity index (χ0) is 12.4. The number of rotatable bonds is 1. The van der Waals surface area contributed by atoms with Crippen LogP contribution in [0.1, 0.15) is 41.5 Å². The van der Waals surface area contributed by atoms with Crippen molar-refractivity contribution < 1.29 is 27.0 Å². The number of hydrogen-bond donors (Lipinski definition) is 1. The van der Waals surface area contributed by atoms with Gasteiger partial charge in [-0.15, -0.1) is 0 Å². The molecule has 0 atom stereocenters. The fourth-order valence-corrected chi connectivity index (χ4v) is 0.922. The van der Waals surface area contributed by atoms with E-state index in [2.05, 4.69) is 4.85 Å². The third-order valence-electron chi connectivity index (χ3n) is 1.94. The van der Waals surface area contributed by atoms with Crippen LogP contribution in [-0.4, -0.2) is 10.9 Å². The molecule has 0 unspecified atom stereocenters. The van der Waals surface area contributed by atoms with Crippen molar-refractivity contribution in [1.29, 1.82) is 0 Å². The number of Topliss-reactive ketones (excluding diaryl/α,β-unsaturated/α-hetero) is 1. The van der Waals surface area contributed by atoms with Gasteiger partial charge in [-0.05, 0) is 0 Å². The summed E-state index contributed by atoms with van der Waals surface area (Å²) in [6, 6.07) is 0. The average molecular weight is 273 g/mol. The van der Waals surface area contributed by atoms with Crippen LogP contribution in [0.5, 0.6) is 0 Å². The summed E-state index contributed by atoms with van der Waals surface area (Å²) in [4.78, 5) is 15.0. The number of ketones is 1. The number of carbonyl (C=O) groups excluding carboxylic acids is 1. The Morgan fingerprint density at radius 3 is 1.62 bits per heavy atom. The van der Waals surface area contributed by atoms with Crippen LogP contribution in [0.3, 0.4) is 0 Å². The molecule has 0 saturated carbocycles. The Bertz CT molecular complexity index is 338. The van der Waals surface area contributed by atoms with Crippen molar-refractivity contribution in [2.45, 2.75) is 41.5 Å². The molecule has 0 amide bonds. The third kappa shape index (κ3) is 4.38. The number of aliphatic hydroxyl groups is 1. The number of hydrogen-bond acceptors (Lipinski definition) is 2. The Morgan fingerprint density at radius 1 is 1.06 bits per heavy atom. The average Bonchev–Trinajstić information content (AvgIpc) is 2.01. The maximum Gasteiger partial charge on any atom is 0.266 e. The number of nitrogens with zero attached hydrogens (tertiary/aromatic N) is 1. The topological polar surface area (TPSA) is 41.7 Å². The van der Waals surface area contributed by atoms with Gasteiger partial charge in [-0.2, -0.15) is 0 Å². The molecule has 0 saturated heterocycles. The Morgan fingerprint density at radius 2 is 1.44 bits per heavy atom. The first kappa shape index (κ1) is 17.6. The molecule has 0 aliphatic heterocycles. The summed E-state index contributed by atoms with van der Waals surface area (Å²) in [5.74, 6) is -0.442. The van der Waals surface area contributed by atoms with Crippen molar-refractivity contribution in [3.05, 3.63) is 22.9 Å². The second-order valence-electron chi connectivity index (χ2n) is 5.64. The predicted octanol–water partition coefficient (Wildman–Crippen LogP) is 3.33. The van der Waals surface area contributed by atoms with Gasteiger partial charge in [0.1, 0.15) is 5.76 Å². The molecule has 0 spiro atoms. The molecule has 0 aromatic carbocycles. The van der Waals surface area contributed by atoms with Crippen LogP contribution in [-0.2, 0) is 21.9 Å². The molecule has 4 heteroatoms. The van der Waals surface area contributed by atoms with Gasteiger partial charge in [0.25, 0.3) is 5.70 Å². The first-order valence-corrected chi connectivity index (χ1v) is 4.87. The van der Waals surface area contributed by atoms with Crippen LogP contribution in [0.4, 0.5) is 0 Å². The van der Waals surface area contributed by atoms with Gasteiger partial charge in [-0.25, -0.2) is 4.85 Å². The van der Waals surface area contributed by atoms with Crippen molar-refractivity contribution >= 4 is 5.78 Å². The summed E-state index contributed by atoms with van der Waals surface area (Å²) in [7, 11) is 0. The Balaban J connectivity index is 0. The van der Waals surface area contributed by atoms with E-state index < -0.39 is 10.8 Å². The van der Waals surface area contributed by atoms with E-state index in [1.807, 2.05) is 0 Å². The van der Waals surface area contributed by atoms with E-state index in [-0.39, 0.29) is 34.3 Å². The van der Waals surface area contributed by atoms with Crippen molar-refractivity contribution in [2.75, 3.05) is 0 Å². The quantitative estimate of drug-likeness (QED) is 0.344. The van der Waals surface area contributed by atoms with Gasteiger partial charge in [0.15, 0.2) is 5.78 Å². The maximum absolute atomic E-state index is 11.9. The number of carbonyl (C=O) groups is 1. The second-order valence-corrected chi connectivity index (χ2v) is 5.64. The molecular formula is C12H19CuNO2. The molecule has 1 radical (unpaired) electrons. The smallest absolute Gasteiger partial charge is 0.266 e. The summed E-state index contributed by atoms with van der Waals surface area (Å²) in [5.41, 5.74) is -1.35. The minimum absolute atomic E-state index is 0. The van der Waals surface area contributed by atoms with Crippen LogP contribution >= 0.6 is 0 Å². The van der Waals surface area contributed by atoms with Crippen molar-refractivity contribution in [3.8, 4) is 0 Å². The molecule has 3 nitrogen and oxygen atoms in total. The zero-order valence-electron chi connectivity index (χ0n) is 10.6. The fraction of sp³-hybridized carbons (Fsp3) is 0.667. The van der Waals surface area contributed by atoms with E-state index >= 15 is 0 Å². The molecule has 16 heavy (non-hydrogen) atoms. The minimum atomic E-state index is -0.640. The second kappa shape index (κ2) is 5.52. The predicted molar refractivity (Wildman–Crippen MR) is 60.2 cm³/mol. The van der Waals surface area contributed by atoms with Crippen LogP contribution in [0.15, 0.2) is 11.5 Å². The Kier molecular flexibility index (Phi) is 6.07. The molecular weight excluding hydrogens is 254 g/mol. The zero-order valence-corrected chi connectivity index (χ0v) is 11.5. The fourth-order valence-electron chi connectivity index (χ4n) is 0.922. The molecule has 0 heterocycles. The van der Waals surface area contributed by atoms with E-state index in [1.54, 1.807) is 41.5 Å². The van der Waals surface area contributed by atoms with Gasteiger partial charge in [-0.1, -0.05) is 41.5 Å². The maximum atomic E-state index is 11.9. The van der Waals surface area contributed by atoms with Gasteiger partial charge < -0.3 is 9.90 Å².